The van der Waals surface area contributed by atoms with Crippen molar-refractivity contribution in [3.05, 3.63) is 69.1 Å². The lowest BCUT2D eigenvalue weighted by atomic mass is 9.86. The molecule has 1 atom stereocenters. The van der Waals surface area contributed by atoms with E-state index in [1.807, 2.05) is 31.2 Å². The summed E-state index contributed by atoms with van der Waals surface area (Å²) in [5.41, 5.74) is 3.66. The number of hydrogen-bond acceptors (Lipinski definition) is 6. The molecule has 0 fully saturated rings. The number of carbonyl (C=O) groups excluding carboxylic acids is 1. The van der Waals surface area contributed by atoms with Gasteiger partial charge in [0.1, 0.15) is 6.61 Å². The molecule has 0 unspecified atom stereocenters. The van der Waals surface area contributed by atoms with E-state index in [1.54, 1.807) is 23.8 Å². The van der Waals surface area contributed by atoms with Crippen LogP contribution in [0.1, 0.15) is 35.6 Å². The molecule has 0 saturated carbocycles. The third kappa shape index (κ3) is 2.21. The largest absolute Gasteiger partial charge is 0.458 e. The van der Waals surface area contributed by atoms with Crippen LogP contribution in [0.25, 0.3) is 33.2 Å². The summed E-state index contributed by atoms with van der Waals surface area (Å²) in [5.74, 6) is -0.716. The molecule has 6 rings (SSSR count). The highest BCUT2D eigenvalue weighted by Gasteiger charge is 2.45. The van der Waals surface area contributed by atoms with Gasteiger partial charge in [0.25, 0.3) is 5.56 Å². The minimum Gasteiger partial charge on any atom is -0.458 e. The number of carbonyl (C=O) groups is 1. The van der Waals surface area contributed by atoms with Crippen LogP contribution in [0.15, 0.2) is 41.3 Å². The zero-order valence-electron chi connectivity index (χ0n) is 17.1. The smallest absolute Gasteiger partial charge is 0.343 e. The van der Waals surface area contributed by atoms with E-state index in [9.17, 15) is 14.7 Å². The molecule has 2 aliphatic rings. The van der Waals surface area contributed by atoms with E-state index >= 15 is 0 Å². The molecule has 7 heteroatoms. The topological polar surface area (TPSA) is 94.3 Å². The third-order valence-corrected chi connectivity index (χ3v) is 6.71. The molecule has 0 saturated heterocycles. The molecule has 0 radical (unpaired) electrons. The summed E-state index contributed by atoms with van der Waals surface area (Å²) < 4.78 is 6.80. The maximum Gasteiger partial charge on any atom is 0.343 e. The summed E-state index contributed by atoms with van der Waals surface area (Å²) in [4.78, 5) is 35.0. The Balaban J connectivity index is 1.68. The number of cyclic esters (lactones) is 1. The molecule has 1 N–H and O–H groups in total. The van der Waals surface area contributed by atoms with Crippen LogP contribution in [0.5, 0.6) is 0 Å². The van der Waals surface area contributed by atoms with Gasteiger partial charge in [0.05, 0.1) is 34.5 Å². The molecule has 1 aromatic carbocycles. The third-order valence-electron chi connectivity index (χ3n) is 6.71. The predicted molar refractivity (Wildman–Crippen MR) is 115 cm³/mol. The number of nitrogens with zero attached hydrogens (tertiary/aromatic N) is 3. The zero-order chi connectivity index (χ0) is 21.5. The molecule has 2 aliphatic heterocycles. The average Bonchev–Trinajstić information content (AvgIpc) is 3.16. The highest BCUT2D eigenvalue weighted by Crippen LogP contribution is 2.40. The molecule has 5 heterocycles. The standard InChI is InChI=1S/C24H19N3O4/c1-3-24(30)16-9-19-21-14(10-27(19)22(28)15(16)11-31-23(24)29)12(2)20-13-5-4-8-25-17(13)6-7-18(20)26-21/h4-9,30H,3,10-11H2,1-2H3/t24-/m0/s1. The van der Waals surface area contributed by atoms with Crippen molar-refractivity contribution in [2.75, 3.05) is 0 Å². The Bertz CT molecular complexity index is 1520. The van der Waals surface area contributed by atoms with Crippen molar-refractivity contribution in [1.29, 1.82) is 0 Å². The fourth-order valence-corrected chi connectivity index (χ4v) is 4.96. The van der Waals surface area contributed by atoms with Gasteiger partial charge in [-0.25, -0.2) is 9.78 Å². The van der Waals surface area contributed by atoms with Crippen molar-refractivity contribution in [2.24, 2.45) is 0 Å². The molecule has 31 heavy (non-hydrogen) atoms. The van der Waals surface area contributed by atoms with E-state index in [2.05, 4.69) is 4.98 Å². The van der Waals surface area contributed by atoms with Crippen molar-refractivity contribution in [2.45, 2.75) is 39.0 Å². The Labute approximate surface area is 176 Å². The van der Waals surface area contributed by atoms with Crippen molar-refractivity contribution >= 4 is 27.8 Å². The summed E-state index contributed by atoms with van der Waals surface area (Å²) in [7, 11) is 0. The Kier molecular flexibility index (Phi) is 3.51. The second-order valence-corrected chi connectivity index (χ2v) is 8.20. The van der Waals surface area contributed by atoms with Gasteiger partial charge in [0.2, 0.25) is 0 Å². The highest BCUT2D eigenvalue weighted by molar-refractivity contribution is 6.07. The normalized spacial score (nSPS) is 19.3. The van der Waals surface area contributed by atoms with Crippen molar-refractivity contribution in [3.63, 3.8) is 0 Å². The van der Waals surface area contributed by atoms with E-state index < -0.39 is 11.6 Å². The van der Waals surface area contributed by atoms with Gasteiger partial charge in [-0.05, 0) is 43.2 Å². The van der Waals surface area contributed by atoms with E-state index in [4.69, 9.17) is 9.72 Å². The Morgan fingerprint density at radius 3 is 2.81 bits per heavy atom. The van der Waals surface area contributed by atoms with Gasteiger partial charge >= 0.3 is 5.97 Å². The van der Waals surface area contributed by atoms with Crippen LogP contribution < -0.4 is 5.56 Å². The number of pyridine rings is 3. The van der Waals surface area contributed by atoms with Gasteiger partial charge in [0.15, 0.2) is 5.60 Å². The first-order valence-corrected chi connectivity index (χ1v) is 10.3. The fraction of sp³-hybridized carbons (Fsp3) is 0.250. The quantitative estimate of drug-likeness (QED) is 0.335. The van der Waals surface area contributed by atoms with Crippen LogP contribution in [-0.4, -0.2) is 25.6 Å². The number of hydrogen-bond donors (Lipinski definition) is 1. The molecule has 3 aromatic heterocycles. The molecule has 154 valence electrons. The first-order valence-electron chi connectivity index (χ1n) is 10.3. The molecule has 0 aliphatic carbocycles. The monoisotopic (exact) mass is 413 g/mol. The number of ether oxygens (including phenoxy) is 1. The number of aromatic nitrogens is 3. The predicted octanol–water partition coefficient (Wildman–Crippen LogP) is 2.94. The number of benzene rings is 1. The van der Waals surface area contributed by atoms with Crippen LogP contribution in [0.3, 0.4) is 0 Å². The maximum absolute atomic E-state index is 13.3. The van der Waals surface area contributed by atoms with Gasteiger partial charge in [-0.15, -0.1) is 0 Å². The first-order chi connectivity index (χ1) is 14.9. The molecule has 7 nitrogen and oxygen atoms in total. The second-order valence-electron chi connectivity index (χ2n) is 8.20. The van der Waals surface area contributed by atoms with Gasteiger partial charge in [0, 0.05) is 28.1 Å². The minimum absolute atomic E-state index is 0.123. The first kappa shape index (κ1) is 18.2. The SMILES string of the molecule is CC[C@@]1(O)C(=O)OCc2c1cc1n(c2=O)Cc2c-1nc1ccc3ncccc3c1c2C. The summed E-state index contributed by atoms with van der Waals surface area (Å²) in [5, 5.41) is 13.0. The van der Waals surface area contributed by atoms with Crippen LogP contribution in [0.4, 0.5) is 0 Å². The van der Waals surface area contributed by atoms with Crippen LogP contribution in [0.2, 0.25) is 0 Å². The van der Waals surface area contributed by atoms with Crippen molar-refractivity contribution < 1.29 is 14.6 Å². The van der Waals surface area contributed by atoms with Crippen LogP contribution >= 0.6 is 0 Å². The molecule has 0 spiro atoms. The van der Waals surface area contributed by atoms with Crippen molar-refractivity contribution in [1.82, 2.24) is 14.5 Å². The second kappa shape index (κ2) is 5.98. The summed E-state index contributed by atoms with van der Waals surface area (Å²) >= 11 is 0. The highest BCUT2D eigenvalue weighted by atomic mass is 16.6. The Hall–Kier alpha value is -3.58. The fourth-order valence-electron chi connectivity index (χ4n) is 4.96. The lowest BCUT2D eigenvalue weighted by Crippen LogP contribution is -2.44. The maximum atomic E-state index is 13.3. The van der Waals surface area contributed by atoms with Gasteiger partial charge < -0.3 is 14.4 Å². The summed E-state index contributed by atoms with van der Waals surface area (Å²) in [6.45, 7) is 4.00. The van der Waals surface area contributed by atoms with Gasteiger partial charge in [-0.1, -0.05) is 13.0 Å². The van der Waals surface area contributed by atoms with Gasteiger partial charge in [-0.2, -0.15) is 0 Å². The molecule has 0 bridgehead atoms. The van der Waals surface area contributed by atoms with E-state index in [-0.39, 0.29) is 18.6 Å². The lowest BCUT2D eigenvalue weighted by molar-refractivity contribution is -0.172. The minimum atomic E-state index is -1.82. The van der Waals surface area contributed by atoms with E-state index in [1.165, 1.54) is 0 Å². The summed E-state index contributed by atoms with van der Waals surface area (Å²) in [6, 6.07) is 9.56. The number of aryl methyl sites for hydroxylation is 1. The van der Waals surface area contributed by atoms with E-state index in [0.717, 1.165) is 32.9 Å². The average molecular weight is 413 g/mol. The molecular formula is C24H19N3O4. The Morgan fingerprint density at radius 2 is 2.00 bits per heavy atom. The van der Waals surface area contributed by atoms with Crippen LogP contribution in [0, 0.1) is 6.92 Å². The number of fused-ring (bicyclic) bond motifs is 7. The molecule has 4 aromatic rings. The van der Waals surface area contributed by atoms with Gasteiger partial charge in [-0.3, -0.25) is 9.78 Å². The van der Waals surface area contributed by atoms with E-state index in [0.29, 0.717) is 29.1 Å². The summed E-state index contributed by atoms with van der Waals surface area (Å²) in [6.07, 6.45) is 1.89. The van der Waals surface area contributed by atoms with Crippen molar-refractivity contribution in [3.8, 4) is 11.4 Å². The molecular weight excluding hydrogens is 394 g/mol. The molecule has 0 amide bonds. The Morgan fingerprint density at radius 1 is 1.19 bits per heavy atom. The zero-order valence-corrected chi connectivity index (χ0v) is 17.1. The van der Waals surface area contributed by atoms with Crippen LogP contribution in [-0.2, 0) is 28.3 Å². The number of rotatable bonds is 1. The number of esters is 1. The number of aliphatic hydroxyl groups is 1. The lowest BCUT2D eigenvalue weighted by Gasteiger charge is -2.31.